The van der Waals surface area contributed by atoms with E-state index in [0.717, 1.165) is 22.3 Å². The van der Waals surface area contributed by atoms with Crippen molar-refractivity contribution >= 4 is 11.9 Å². The molecule has 109 valence electrons. The Hall–Kier alpha value is -2.62. The van der Waals surface area contributed by atoms with Crippen molar-refractivity contribution in [3.05, 3.63) is 75.9 Å². The van der Waals surface area contributed by atoms with Crippen molar-refractivity contribution in [3.63, 3.8) is 0 Å². The van der Waals surface area contributed by atoms with E-state index in [2.05, 4.69) is 0 Å². The summed E-state index contributed by atoms with van der Waals surface area (Å²) in [4.78, 5) is 23.8. The van der Waals surface area contributed by atoms with Crippen molar-refractivity contribution in [2.45, 2.75) is 20.0 Å². The first-order chi connectivity index (χ1) is 10.6. The van der Waals surface area contributed by atoms with E-state index < -0.39 is 6.10 Å². The van der Waals surface area contributed by atoms with Crippen molar-refractivity contribution in [1.82, 2.24) is 0 Å². The number of fused-ring (bicyclic) bond motifs is 2. The highest BCUT2D eigenvalue weighted by Gasteiger charge is 2.37. The van der Waals surface area contributed by atoms with Gasteiger partial charge in [0.15, 0.2) is 12.2 Å². The van der Waals surface area contributed by atoms with E-state index in [4.69, 9.17) is 9.47 Å². The van der Waals surface area contributed by atoms with Gasteiger partial charge in [0, 0.05) is 16.7 Å². The van der Waals surface area contributed by atoms with E-state index in [1.54, 1.807) is 19.1 Å². The van der Waals surface area contributed by atoms with Gasteiger partial charge >= 0.3 is 11.9 Å². The first-order valence-electron chi connectivity index (χ1n) is 7.07. The summed E-state index contributed by atoms with van der Waals surface area (Å²) in [5.74, 6) is -0.639. The van der Waals surface area contributed by atoms with E-state index in [0.29, 0.717) is 17.2 Å². The molecule has 2 aromatic rings. The van der Waals surface area contributed by atoms with Crippen LogP contribution in [0.2, 0.25) is 0 Å². The van der Waals surface area contributed by atoms with Gasteiger partial charge in [-0.3, -0.25) is 0 Å². The molecule has 22 heavy (non-hydrogen) atoms. The van der Waals surface area contributed by atoms with Crippen LogP contribution in [-0.4, -0.2) is 11.9 Å². The molecular formula is C18H13O4. The van der Waals surface area contributed by atoms with E-state index in [1.165, 1.54) is 0 Å². The van der Waals surface area contributed by atoms with Gasteiger partial charge in [-0.15, -0.1) is 0 Å². The number of carbonyl (C=O) groups excluding carboxylic acids is 2. The molecule has 2 aliphatic heterocycles. The molecule has 1 radical (unpaired) electrons. The SMILES string of the molecule is C[C]1OC(=O)c2ccc(C3OC(=O)c4ccccc43)c(C)c21. The summed E-state index contributed by atoms with van der Waals surface area (Å²) in [5, 5.41) is 0. The quantitative estimate of drug-likeness (QED) is 0.757. The number of cyclic esters (lactones) is 2. The maximum absolute atomic E-state index is 12.0. The molecule has 0 N–H and O–H groups in total. The average Bonchev–Trinajstić information content (AvgIpc) is 2.98. The predicted octanol–water partition coefficient (Wildman–Crippen LogP) is 3.33. The number of carbonyl (C=O) groups is 2. The molecule has 0 aromatic heterocycles. The van der Waals surface area contributed by atoms with Gasteiger partial charge < -0.3 is 9.47 Å². The largest absolute Gasteiger partial charge is 0.449 e. The molecule has 0 saturated carbocycles. The van der Waals surface area contributed by atoms with Crippen LogP contribution in [0.15, 0.2) is 36.4 Å². The van der Waals surface area contributed by atoms with Crippen molar-refractivity contribution in [3.8, 4) is 0 Å². The van der Waals surface area contributed by atoms with Crippen molar-refractivity contribution in [1.29, 1.82) is 0 Å². The summed E-state index contributed by atoms with van der Waals surface area (Å²) in [6.07, 6.45) is 0.162. The lowest BCUT2D eigenvalue weighted by Gasteiger charge is -2.16. The Morgan fingerprint density at radius 3 is 2.45 bits per heavy atom. The highest BCUT2D eigenvalue weighted by atomic mass is 16.6. The molecule has 2 aromatic carbocycles. The Labute approximate surface area is 127 Å². The van der Waals surface area contributed by atoms with Crippen LogP contribution in [0.25, 0.3) is 0 Å². The van der Waals surface area contributed by atoms with Crippen LogP contribution in [-0.2, 0) is 9.47 Å². The minimum atomic E-state index is -0.433. The summed E-state index contributed by atoms with van der Waals surface area (Å²) in [7, 11) is 0. The Morgan fingerprint density at radius 2 is 1.64 bits per heavy atom. The zero-order valence-corrected chi connectivity index (χ0v) is 12.2. The van der Waals surface area contributed by atoms with Gasteiger partial charge in [0.05, 0.1) is 11.1 Å². The molecule has 4 rings (SSSR count). The minimum Gasteiger partial charge on any atom is -0.449 e. The van der Waals surface area contributed by atoms with Gasteiger partial charge in [0.1, 0.15) is 0 Å². The number of rotatable bonds is 1. The second kappa shape index (κ2) is 4.44. The number of hydrogen-bond acceptors (Lipinski definition) is 4. The fourth-order valence-electron chi connectivity index (χ4n) is 3.26. The van der Waals surface area contributed by atoms with Crippen molar-refractivity contribution in [2.75, 3.05) is 0 Å². The normalized spacial score (nSPS) is 19.6. The van der Waals surface area contributed by atoms with E-state index in [-0.39, 0.29) is 11.9 Å². The third-order valence-electron chi connectivity index (χ3n) is 4.30. The van der Waals surface area contributed by atoms with Gasteiger partial charge in [0.25, 0.3) is 0 Å². The fourth-order valence-corrected chi connectivity index (χ4v) is 3.26. The highest BCUT2D eigenvalue weighted by Crippen LogP contribution is 2.41. The molecule has 0 spiro atoms. The average molecular weight is 293 g/mol. The lowest BCUT2D eigenvalue weighted by molar-refractivity contribution is 0.0454. The summed E-state index contributed by atoms with van der Waals surface area (Å²) < 4.78 is 10.7. The summed E-state index contributed by atoms with van der Waals surface area (Å²) in [6.45, 7) is 3.70. The maximum atomic E-state index is 12.0. The fraction of sp³-hybridized carbons (Fsp3) is 0.167. The molecule has 0 fully saturated rings. The zero-order chi connectivity index (χ0) is 15.4. The lowest BCUT2D eigenvalue weighted by Crippen LogP contribution is -2.06. The van der Waals surface area contributed by atoms with Crippen LogP contribution in [0.4, 0.5) is 0 Å². The molecule has 4 heteroatoms. The summed E-state index contributed by atoms with van der Waals surface area (Å²) in [5.41, 5.74) is 4.63. The first kappa shape index (κ1) is 13.1. The standard InChI is InChI=1S/C18H13O4/c1-9-11(7-8-14-15(9)10(2)21-18(14)20)16-12-5-3-4-6-13(12)17(19)22-16/h3-8,16H,1-2H3. The van der Waals surface area contributed by atoms with Crippen LogP contribution < -0.4 is 0 Å². The zero-order valence-electron chi connectivity index (χ0n) is 12.2. The molecule has 1 atom stereocenters. The van der Waals surface area contributed by atoms with E-state index in [9.17, 15) is 9.59 Å². The summed E-state index contributed by atoms with van der Waals surface area (Å²) in [6, 6.07) is 11.0. The van der Waals surface area contributed by atoms with Crippen LogP contribution in [0.3, 0.4) is 0 Å². The lowest BCUT2D eigenvalue weighted by atomic mass is 9.90. The highest BCUT2D eigenvalue weighted by molar-refractivity contribution is 5.97. The van der Waals surface area contributed by atoms with Crippen LogP contribution in [0, 0.1) is 13.0 Å². The Morgan fingerprint density at radius 1 is 0.864 bits per heavy atom. The van der Waals surface area contributed by atoms with Crippen molar-refractivity contribution in [2.24, 2.45) is 0 Å². The van der Waals surface area contributed by atoms with Gasteiger partial charge in [-0.25, -0.2) is 9.59 Å². The molecule has 2 aliphatic rings. The van der Waals surface area contributed by atoms with Crippen LogP contribution in [0.5, 0.6) is 0 Å². The van der Waals surface area contributed by atoms with Crippen molar-refractivity contribution < 1.29 is 19.1 Å². The molecule has 0 aliphatic carbocycles. The summed E-state index contributed by atoms with van der Waals surface area (Å²) >= 11 is 0. The predicted molar refractivity (Wildman–Crippen MR) is 78.3 cm³/mol. The number of hydrogen-bond donors (Lipinski definition) is 0. The monoisotopic (exact) mass is 293 g/mol. The number of esters is 2. The topological polar surface area (TPSA) is 52.6 Å². The van der Waals surface area contributed by atoms with E-state index >= 15 is 0 Å². The van der Waals surface area contributed by atoms with Gasteiger partial charge in [0.2, 0.25) is 0 Å². The van der Waals surface area contributed by atoms with Crippen LogP contribution >= 0.6 is 0 Å². The first-order valence-corrected chi connectivity index (χ1v) is 7.07. The molecule has 4 nitrogen and oxygen atoms in total. The molecular weight excluding hydrogens is 280 g/mol. The van der Waals surface area contributed by atoms with Gasteiger partial charge in [-0.2, -0.15) is 0 Å². The number of benzene rings is 2. The van der Waals surface area contributed by atoms with E-state index in [1.807, 2.05) is 31.2 Å². The number of ether oxygens (including phenoxy) is 2. The minimum absolute atomic E-state index is 0.312. The van der Waals surface area contributed by atoms with Gasteiger partial charge in [-0.05, 0) is 31.5 Å². The van der Waals surface area contributed by atoms with Gasteiger partial charge in [-0.1, -0.05) is 24.3 Å². The second-order valence-electron chi connectivity index (χ2n) is 5.52. The maximum Gasteiger partial charge on any atom is 0.339 e. The van der Waals surface area contributed by atoms with Crippen LogP contribution in [0.1, 0.15) is 56.0 Å². The molecule has 0 amide bonds. The molecule has 0 bridgehead atoms. The smallest absolute Gasteiger partial charge is 0.339 e. The Kier molecular flexibility index (Phi) is 2.64. The third-order valence-corrected chi connectivity index (χ3v) is 4.30. The Balaban J connectivity index is 1.88. The molecule has 2 heterocycles. The second-order valence-corrected chi connectivity index (χ2v) is 5.52. The molecule has 0 saturated heterocycles. The third kappa shape index (κ3) is 1.64. The Bertz CT molecular complexity index is 822. The molecule has 1 unspecified atom stereocenters.